The topological polar surface area (TPSA) is 12.0 Å². The maximum Gasteiger partial charge on any atom is 0.0334 e. The first-order valence-corrected chi connectivity index (χ1v) is 8.89. The van der Waals surface area contributed by atoms with E-state index >= 15 is 0 Å². The summed E-state index contributed by atoms with van der Waals surface area (Å²) < 4.78 is 2.45. The fraction of sp³-hybridized carbons (Fsp3) is 0.625. The lowest BCUT2D eigenvalue weighted by Crippen LogP contribution is -2.27. The molecule has 1 aromatic carbocycles. The van der Waals surface area contributed by atoms with Crippen LogP contribution in [0.3, 0.4) is 0 Å². The van der Waals surface area contributed by atoms with Crippen molar-refractivity contribution in [2.75, 3.05) is 6.54 Å². The van der Waals surface area contributed by atoms with Crippen LogP contribution in [0.2, 0.25) is 0 Å². The van der Waals surface area contributed by atoms with Crippen molar-refractivity contribution in [3.05, 3.63) is 32.2 Å². The molecule has 0 bridgehead atoms. The number of aryl methyl sites for hydroxylation is 1. The molecular weight excluding hydrogens is 366 g/mol. The number of halogens is 2. The highest BCUT2D eigenvalue weighted by atomic mass is 79.9. The van der Waals surface area contributed by atoms with Gasteiger partial charge in [0.15, 0.2) is 0 Å². The summed E-state index contributed by atoms with van der Waals surface area (Å²) >= 11 is 7.41. The molecule has 1 atom stereocenters. The largest absolute Gasteiger partial charge is 0.310 e. The molecule has 0 spiro atoms. The van der Waals surface area contributed by atoms with Gasteiger partial charge >= 0.3 is 0 Å². The van der Waals surface area contributed by atoms with E-state index in [-0.39, 0.29) is 0 Å². The van der Waals surface area contributed by atoms with Crippen molar-refractivity contribution < 1.29 is 0 Å². The second-order valence-electron chi connectivity index (χ2n) is 5.66. The molecule has 2 rings (SSSR count). The maximum atomic E-state index is 3.74. The summed E-state index contributed by atoms with van der Waals surface area (Å²) in [5, 5.41) is 3.72. The Balaban J connectivity index is 2.17. The Bertz CT molecular complexity index is 427. The molecule has 3 heteroatoms. The molecule has 0 amide bonds. The molecule has 1 fully saturated rings. The first kappa shape index (κ1) is 15.5. The predicted octanol–water partition coefficient (Wildman–Crippen LogP) is 5.75. The molecule has 0 heterocycles. The fourth-order valence-corrected chi connectivity index (χ4v) is 3.72. The highest BCUT2D eigenvalue weighted by molar-refractivity contribution is 9.11. The Morgan fingerprint density at radius 2 is 2.00 bits per heavy atom. The van der Waals surface area contributed by atoms with Crippen LogP contribution < -0.4 is 5.32 Å². The average molecular weight is 389 g/mol. The van der Waals surface area contributed by atoms with Gasteiger partial charge in [0.25, 0.3) is 0 Å². The van der Waals surface area contributed by atoms with Gasteiger partial charge in [-0.3, -0.25) is 0 Å². The first-order valence-electron chi connectivity index (χ1n) is 7.30. The highest BCUT2D eigenvalue weighted by Gasteiger charge is 2.24. The molecule has 106 valence electrons. The number of benzene rings is 1. The number of hydrogen-bond donors (Lipinski definition) is 1. The van der Waals surface area contributed by atoms with Gasteiger partial charge in [0.1, 0.15) is 0 Å². The lowest BCUT2D eigenvalue weighted by Gasteiger charge is -2.31. The zero-order chi connectivity index (χ0) is 13.8. The maximum absolute atomic E-state index is 3.74. The van der Waals surface area contributed by atoms with Gasteiger partial charge in [-0.05, 0) is 55.5 Å². The lowest BCUT2D eigenvalue weighted by atomic mass is 9.79. The third kappa shape index (κ3) is 4.05. The van der Waals surface area contributed by atoms with Gasteiger partial charge in [0, 0.05) is 15.0 Å². The molecule has 1 aliphatic rings. The summed E-state index contributed by atoms with van der Waals surface area (Å²) in [6.45, 7) is 5.46. The van der Waals surface area contributed by atoms with E-state index in [0.717, 1.165) is 12.5 Å². The van der Waals surface area contributed by atoms with Crippen LogP contribution in [0.25, 0.3) is 0 Å². The molecule has 0 aromatic heterocycles. The van der Waals surface area contributed by atoms with Crippen molar-refractivity contribution in [3.8, 4) is 0 Å². The Hall–Kier alpha value is 0.140. The van der Waals surface area contributed by atoms with E-state index in [1.165, 1.54) is 52.2 Å². The third-order valence-electron chi connectivity index (χ3n) is 4.09. The third-order valence-corrected chi connectivity index (χ3v) is 5.63. The van der Waals surface area contributed by atoms with E-state index in [2.05, 4.69) is 63.2 Å². The summed E-state index contributed by atoms with van der Waals surface area (Å²) in [4.78, 5) is 0. The monoisotopic (exact) mass is 387 g/mol. The van der Waals surface area contributed by atoms with Gasteiger partial charge in [0.05, 0.1) is 0 Å². The van der Waals surface area contributed by atoms with Crippen molar-refractivity contribution >= 4 is 31.9 Å². The Labute approximate surface area is 133 Å². The molecule has 0 radical (unpaired) electrons. The van der Waals surface area contributed by atoms with Crippen LogP contribution >= 0.6 is 31.9 Å². The van der Waals surface area contributed by atoms with Gasteiger partial charge in [-0.1, -0.05) is 58.0 Å². The predicted molar refractivity (Wildman–Crippen MR) is 89.6 cm³/mol. The molecule has 0 saturated heterocycles. The molecule has 1 N–H and O–H groups in total. The van der Waals surface area contributed by atoms with E-state index in [9.17, 15) is 0 Å². The normalized spacial score (nSPS) is 17.3. The van der Waals surface area contributed by atoms with Crippen molar-refractivity contribution in [3.63, 3.8) is 0 Å². The average Bonchev–Trinajstić information content (AvgIpc) is 2.32. The van der Waals surface area contributed by atoms with Crippen molar-refractivity contribution in [2.24, 2.45) is 5.92 Å². The van der Waals surface area contributed by atoms with E-state index in [1.54, 1.807) is 0 Å². The summed E-state index contributed by atoms with van der Waals surface area (Å²) in [5.41, 5.74) is 2.69. The SMILES string of the molecule is CCCNC(CC1CCC1)c1cc(Br)c(C)cc1Br. The number of rotatable bonds is 6. The van der Waals surface area contributed by atoms with Crippen LogP contribution in [0.4, 0.5) is 0 Å². The van der Waals surface area contributed by atoms with Gasteiger partial charge in [-0.2, -0.15) is 0 Å². The van der Waals surface area contributed by atoms with Gasteiger partial charge in [-0.25, -0.2) is 0 Å². The zero-order valence-electron chi connectivity index (χ0n) is 11.8. The second-order valence-corrected chi connectivity index (χ2v) is 7.37. The van der Waals surface area contributed by atoms with Crippen LogP contribution in [0.1, 0.15) is 56.2 Å². The molecule has 19 heavy (non-hydrogen) atoms. The minimum absolute atomic E-state index is 0.483. The van der Waals surface area contributed by atoms with Crippen LogP contribution in [-0.2, 0) is 0 Å². The minimum atomic E-state index is 0.483. The molecule has 1 aromatic rings. The quantitative estimate of drug-likeness (QED) is 0.653. The van der Waals surface area contributed by atoms with E-state index in [1.807, 2.05) is 0 Å². The Morgan fingerprint density at radius 3 is 2.58 bits per heavy atom. The highest BCUT2D eigenvalue weighted by Crippen LogP contribution is 2.38. The van der Waals surface area contributed by atoms with Gasteiger partial charge < -0.3 is 5.32 Å². The molecule has 1 unspecified atom stereocenters. The molecule has 1 nitrogen and oxygen atoms in total. The van der Waals surface area contributed by atoms with Gasteiger partial charge in [0.2, 0.25) is 0 Å². The van der Waals surface area contributed by atoms with Crippen molar-refractivity contribution in [1.82, 2.24) is 5.32 Å². The van der Waals surface area contributed by atoms with Crippen LogP contribution in [0, 0.1) is 12.8 Å². The molecule has 1 aliphatic carbocycles. The van der Waals surface area contributed by atoms with Crippen LogP contribution in [0.15, 0.2) is 21.1 Å². The summed E-state index contributed by atoms with van der Waals surface area (Å²) in [6.07, 6.45) is 6.70. The van der Waals surface area contributed by atoms with Gasteiger partial charge in [-0.15, -0.1) is 0 Å². The number of hydrogen-bond acceptors (Lipinski definition) is 1. The second kappa shape index (κ2) is 7.24. The summed E-state index contributed by atoms with van der Waals surface area (Å²) in [6, 6.07) is 4.99. The molecule has 0 aliphatic heterocycles. The zero-order valence-corrected chi connectivity index (χ0v) is 15.0. The smallest absolute Gasteiger partial charge is 0.0334 e. The van der Waals surface area contributed by atoms with Crippen LogP contribution in [-0.4, -0.2) is 6.54 Å². The first-order chi connectivity index (χ1) is 9.11. The van der Waals surface area contributed by atoms with E-state index in [4.69, 9.17) is 0 Å². The number of nitrogens with one attached hydrogen (secondary N) is 1. The molecule has 1 saturated carbocycles. The van der Waals surface area contributed by atoms with Crippen molar-refractivity contribution in [1.29, 1.82) is 0 Å². The van der Waals surface area contributed by atoms with Crippen molar-refractivity contribution in [2.45, 2.75) is 52.0 Å². The Kier molecular flexibility index (Phi) is 5.91. The summed E-state index contributed by atoms with van der Waals surface area (Å²) in [7, 11) is 0. The standard InChI is InChI=1S/C16H23Br2N/c1-3-7-19-16(9-12-5-4-6-12)13-10-14(17)11(2)8-15(13)18/h8,10,12,16,19H,3-7,9H2,1-2H3. The van der Waals surface area contributed by atoms with E-state index in [0.29, 0.717) is 6.04 Å². The minimum Gasteiger partial charge on any atom is -0.310 e. The Morgan fingerprint density at radius 1 is 1.26 bits per heavy atom. The lowest BCUT2D eigenvalue weighted by molar-refractivity contribution is 0.261. The fourth-order valence-electron chi connectivity index (χ4n) is 2.63. The molecular formula is C16H23Br2N. The van der Waals surface area contributed by atoms with E-state index < -0.39 is 0 Å². The summed E-state index contributed by atoms with van der Waals surface area (Å²) in [5.74, 6) is 0.918. The van der Waals surface area contributed by atoms with Crippen LogP contribution in [0.5, 0.6) is 0 Å².